The van der Waals surface area contributed by atoms with Crippen molar-refractivity contribution in [2.75, 3.05) is 17.1 Å². The average Bonchev–Trinajstić information content (AvgIpc) is 3.36. The van der Waals surface area contributed by atoms with Gasteiger partial charge in [-0.05, 0) is 49.6 Å². The highest BCUT2D eigenvalue weighted by atomic mass is 35.5. The number of amides is 2. The molecule has 0 aliphatic heterocycles. The van der Waals surface area contributed by atoms with Gasteiger partial charge in [0.15, 0.2) is 0 Å². The van der Waals surface area contributed by atoms with E-state index in [0.29, 0.717) is 22.0 Å². The number of anilines is 1. The summed E-state index contributed by atoms with van der Waals surface area (Å²) in [6.07, 6.45) is -0.372. The molecule has 1 saturated carbocycles. The Hall–Kier alpha value is -2.21. The van der Waals surface area contributed by atoms with Crippen molar-refractivity contribution in [2.45, 2.75) is 63.8 Å². The van der Waals surface area contributed by atoms with Crippen molar-refractivity contribution in [2.24, 2.45) is 0 Å². The molecule has 14 heteroatoms. The van der Waals surface area contributed by atoms with Gasteiger partial charge in [0.2, 0.25) is 21.8 Å². The molecule has 0 radical (unpaired) electrons. The molecule has 0 aromatic heterocycles. The topological polar surface area (TPSA) is 86.8 Å². The third-order valence-electron chi connectivity index (χ3n) is 6.70. The number of hydrogen-bond donors (Lipinski definition) is 1. The lowest BCUT2D eigenvalue weighted by Gasteiger charge is -2.34. The molecule has 0 unspecified atom stereocenters. The van der Waals surface area contributed by atoms with Crippen molar-refractivity contribution < 1.29 is 31.2 Å². The molecule has 1 aliphatic rings. The van der Waals surface area contributed by atoms with Gasteiger partial charge < -0.3 is 10.2 Å². The second-order valence-electron chi connectivity index (χ2n) is 9.57. The monoisotopic (exact) mass is 641 g/mol. The second kappa shape index (κ2) is 13.2. The number of sulfonamides is 1. The molecule has 220 valence electrons. The van der Waals surface area contributed by atoms with Crippen LogP contribution < -0.4 is 9.62 Å². The fraction of sp³-hybridized carbons (Fsp3) is 0.462. The molecule has 2 amide bonds. The minimum absolute atomic E-state index is 0.0566. The number of benzene rings is 2. The van der Waals surface area contributed by atoms with Crippen molar-refractivity contribution in [3.63, 3.8) is 0 Å². The predicted octanol–water partition coefficient (Wildman–Crippen LogP) is 6.30. The number of alkyl halides is 3. The lowest BCUT2D eigenvalue weighted by Crippen LogP contribution is -2.53. The molecule has 0 heterocycles. The highest BCUT2D eigenvalue weighted by Crippen LogP contribution is 2.36. The number of halogens is 6. The first-order valence-electron chi connectivity index (χ1n) is 12.5. The van der Waals surface area contributed by atoms with Crippen LogP contribution in [0.15, 0.2) is 36.4 Å². The van der Waals surface area contributed by atoms with Crippen LogP contribution in [0, 0.1) is 0 Å². The van der Waals surface area contributed by atoms with Crippen molar-refractivity contribution in [3.8, 4) is 0 Å². The van der Waals surface area contributed by atoms with E-state index in [2.05, 4.69) is 5.32 Å². The lowest BCUT2D eigenvalue weighted by molar-refractivity contribution is -0.140. The molecule has 7 nitrogen and oxygen atoms in total. The molecule has 2 aromatic carbocycles. The van der Waals surface area contributed by atoms with Gasteiger partial charge in [-0.3, -0.25) is 13.9 Å². The van der Waals surface area contributed by atoms with E-state index in [4.69, 9.17) is 34.8 Å². The average molecular weight is 643 g/mol. The van der Waals surface area contributed by atoms with Gasteiger partial charge in [-0.15, -0.1) is 0 Å². The van der Waals surface area contributed by atoms with Crippen molar-refractivity contribution >= 4 is 62.3 Å². The van der Waals surface area contributed by atoms with Crippen LogP contribution in [0.1, 0.15) is 50.2 Å². The summed E-state index contributed by atoms with van der Waals surface area (Å²) in [5.74, 6) is -1.29. The molecule has 1 fully saturated rings. The summed E-state index contributed by atoms with van der Waals surface area (Å²) >= 11 is 18.8. The third kappa shape index (κ3) is 7.96. The van der Waals surface area contributed by atoms with Gasteiger partial charge in [-0.2, -0.15) is 13.2 Å². The highest BCUT2D eigenvalue weighted by molar-refractivity contribution is 7.92. The van der Waals surface area contributed by atoms with E-state index in [0.717, 1.165) is 42.9 Å². The van der Waals surface area contributed by atoms with Crippen molar-refractivity contribution in [3.05, 3.63) is 62.6 Å². The molecule has 0 spiro atoms. The van der Waals surface area contributed by atoms with Gasteiger partial charge in [0, 0.05) is 28.2 Å². The van der Waals surface area contributed by atoms with Crippen LogP contribution in [-0.4, -0.2) is 50.0 Å². The van der Waals surface area contributed by atoms with Crippen LogP contribution in [0.5, 0.6) is 0 Å². The van der Waals surface area contributed by atoms with Gasteiger partial charge in [0.25, 0.3) is 0 Å². The Kier molecular flexibility index (Phi) is 10.6. The molecular weight excluding hydrogens is 614 g/mol. The largest absolute Gasteiger partial charge is 0.416 e. The fourth-order valence-corrected chi connectivity index (χ4v) is 6.26. The summed E-state index contributed by atoms with van der Waals surface area (Å²) in [5.41, 5.74) is -1.34. The number of carbonyl (C=O) groups excluding carboxylic acids is 2. The minimum atomic E-state index is -4.79. The predicted molar refractivity (Wildman–Crippen MR) is 150 cm³/mol. The van der Waals surface area contributed by atoms with Crippen LogP contribution in [-0.2, 0) is 32.3 Å². The summed E-state index contributed by atoms with van der Waals surface area (Å²) < 4.78 is 66.3. The zero-order valence-electron chi connectivity index (χ0n) is 21.8. The standard InChI is InChI=1S/C26H29Cl3F3N3O4S/c1-3-22(25(37)33-17-7-4-5-8-17)34(14-18-19(27)9-6-10-20(18)28)24(36)15-35(40(2,38)39)23-13-16(26(30,31)32)11-12-21(23)29/h6,9-13,17,22H,3-5,7-8,14-15H2,1-2H3,(H,33,37)/t22-/m1/s1. The summed E-state index contributed by atoms with van der Waals surface area (Å²) in [4.78, 5) is 28.3. The highest BCUT2D eigenvalue weighted by Gasteiger charge is 2.36. The van der Waals surface area contributed by atoms with Crippen LogP contribution in [0.25, 0.3) is 0 Å². The van der Waals surface area contributed by atoms with Gasteiger partial charge in [-0.1, -0.05) is 60.6 Å². The molecule has 0 bridgehead atoms. The van der Waals surface area contributed by atoms with Crippen LogP contribution >= 0.6 is 34.8 Å². The van der Waals surface area contributed by atoms with Crippen molar-refractivity contribution in [1.29, 1.82) is 0 Å². The Labute approximate surface area is 246 Å². The lowest BCUT2D eigenvalue weighted by atomic mass is 10.1. The maximum atomic E-state index is 13.8. The fourth-order valence-electron chi connectivity index (χ4n) is 4.62. The quantitative estimate of drug-likeness (QED) is 0.330. The smallest absolute Gasteiger partial charge is 0.352 e. The zero-order valence-corrected chi connectivity index (χ0v) is 24.9. The maximum absolute atomic E-state index is 13.8. The first-order valence-corrected chi connectivity index (χ1v) is 15.5. The van der Waals surface area contributed by atoms with Crippen LogP contribution in [0.2, 0.25) is 15.1 Å². The van der Waals surface area contributed by atoms with Crippen LogP contribution in [0.4, 0.5) is 18.9 Å². The normalized spacial score (nSPS) is 15.1. The number of nitrogens with one attached hydrogen (secondary N) is 1. The number of carbonyl (C=O) groups is 2. The van der Waals surface area contributed by atoms with Gasteiger partial charge in [0.05, 0.1) is 22.5 Å². The first-order chi connectivity index (χ1) is 18.6. The molecule has 0 saturated heterocycles. The molecule has 1 N–H and O–H groups in total. The summed E-state index contributed by atoms with van der Waals surface area (Å²) in [6, 6.07) is 5.79. The van der Waals surface area contributed by atoms with Gasteiger partial charge in [0.1, 0.15) is 12.6 Å². The van der Waals surface area contributed by atoms with Crippen molar-refractivity contribution in [1.82, 2.24) is 10.2 Å². The molecular formula is C26H29Cl3F3N3O4S. The zero-order chi connectivity index (χ0) is 29.8. The van der Waals surface area contributed by atoms with Gasteiger partial charge >= 0.3 is 6.18 Å². The van der Waals surface area contributed by atoms with E-state index in [1.54, 1.807) is 25.1 Å². The second-order valence-corrected chi connectivity index (χ2v) is 12.7. The molecule has 1 aliphatic carbocycles. The summed E-state index contributed by atoms with van der Waals surface area (Å²) in [6.45, 7) is 0.516. The Morgan fingerprint density at radius 2 is 1.65 bits per heavy atom. The third-order valence-corrected chi connectivity index (χ3v) is 8.85. The Bertz CT molecular complexity index is 1330. The van der Waals surface area contributed by atoms with E-state index >= 15 is 0 Å². The Balaban J connectivity index is 2.04. The number of hydrogen-bond acceptors (Lipinski definition) is 4. The molecule has 3 rings (SSSR count). The minimum Gasteiger partial charge on any atom is -0.352 e. The first kappa shape index (κ1) is 32.3. The van der Waals surface area contributed by atoms with E-state index in [-0.39, 0.29) is 34.1 Å². The van der Waals surface area contributed by atoms with E-state index < -0.39 is 51.9 Å². The van der Waals surface area contributed by atoms with Gasteiger partial charge in [-0.25, -0.2) is 8.42 Å². The maximum Gasteiger partial charge on any atom is 0.416 e. The molecule has 2 aromatic rings. The van der Waals surface area contributed by atoms with E-state index in [1.165, 1.54) is 0 Å². The van der Waals surface area contributed by atoms with E-state index in [9.17, 15) is 31.2 Å². The van der Waals surface area contributed by atoms with Crippen LogP contribution in [0.3, 0.4) is 0 Å². The molecule has 40 heavy (non-hydrogen) atoms. The SMILES string of the molecule is CC[C@H](C(=O)NC1CCCC1)N(Cc1c(Cl)cccc1Cl)C(=O)CN(c1cc(C(F)(F)F)ccc1Cl)S(C)(=O)=O. The molecule has 1 atom stereocenters. The Morgan fingerprint density at radius 3 is 2.17 bits per heavy atom. The summed E-state index contributed by atoms with van der Waals surface area (Å²) in [5, 5.41) is 3.08. The summed E-state index contributed by atoms with van der Waals surface area (Å²) in [7, 11) is -4.31. The van der Waals surface area contributed by atoms with E-state index in [1.807, 2.05) is 0 Å². The Morgan fingerprint density at radius 1 is 1.05 bits per heavy atom. The number of rotatable bonds is 10. The number of nitrogens with zero attached hydrogens (tertiary/aromatic N) is 2.